The normalized spacial score (nSPS) is 11.8. The third-order valence-corrected chi connectivity index (χ3v) is 11.6. The molecule has 0 amide bonds. The van der Waals surface area contributed by atoms with E-state index in [-0.39, 0.29) is 10.6 Å². The number of hydrogen-bond acceptors (Lipinski definition) is 5. The van der Waals surface area contributed by atoms with E-state index in [1.165, 1.54) is 0 Å². The van der Waals surface area contributed by atoms with Gasteiger partial charge in [-0.3, -0.25) is 0 Å². The van der Waals surface area contributed by atoms with Crippen molar-refractivity contribution in [3.63, 3.8) is 0 Å². The fraction of sp³-hybridized carbons (Fsp3) is 0.0204. The average molecular weight is 747 g/mol. The van der Waals surface area contributed by atoms with Crippen LogP contribution in [0.3, 0.4) is 0 Å². The zero-order valence-corrected chi connectivity index (χ0v) is 31.2. The molecule has 6 nitrogen and oxygen atoms in total. The van der Waals surface area contributed by atoms with Crippen molar-refractivity contribution in [3.8, 4) is 22.6 Å². The zero-order valence-electron chi connectivity index (χ0n) is 30.3. The van der Waals surface area contributed by atoms with Crippen LogP contribution in [0.4, 0.5) is 17.1 Å². The number of aromatic nitrogens is 1. The molecule has 2 aromatic heterocycles. The van der Waals surface area contributed by atoms with Gasteiger partial charge in [-0.2, -0.15) is 8.42 Å². The third-order valence-electron chi connectivity index (χ3n) is 10.4. The highest BCUT2D eigenvalue weighted by atomic mass is 32.2. The number of rotatable bonds is 8. The minimum Gasteiger partial charge on any atom is -0.456 e. The summed E-state index contributed by atoms with van der Waals surface area (Å²) < 4.78 is 42.3. The van der Waals surface area contributed by atoms with Crippen molar-refractivity contribution < 1.29 is 17.0 Å². The predicted octanol–water partition coefficient (Wildman–Crippen LogP) is 12.9. The molecule has 2 heterocycles. The fourth-order valence-electron chi connectivity index (χ4n) is 7.68. The van der Waals surface area contributed by atoms with E-state index in [2.05, 4.69) is 70.1 Å². The summed E-state index contributed by atoms with van der Waals surface area (Å²) >= 11 is 0. The lowest BCUT2D eigenvalue weighted by Crippen LogP contribution is -2.11. The van der Waals surface area contributed by atoms with Crippen molar-refractivity contribution in [2.75, 3.05) is 4.90 Å². The predicted molar refractivity (Wildman–Crippen MR) is 227 cm³/mol. The molecule has 8 aromatic carbocycles. The maximum absolute atomic E-state index is 13.9. The Hall–Kier alpha value is -7.09. The Labute approximate surface area is 324 Å². The van der Waals surface area contributed by atoms with Crippen LogP contribution in [0.1, 0.15) is 5.56 Å². The second kappa shape index (κ2) is 13.3. The monoisotopic (exact) mass is 746 g/mol. The summed E-state index contributed by atoms with van der Waals surface area (Å²) in [4.78, 5) is 2.30. The van der Waals surface area contributed by atoms with Crippen LogP contribution in [-0.4, -0.2) is 13.0 Å². The first-order valence-electron chi connectivity index (χ1n) is 18.4. The molecule has 270 valence electrons. The van der Waals surface area contributed by atoms with Crippen molar-refractivity contribution >= 4 is 70.9 Å². The van der Waals surface area contributed by atoms with Gasteiger partial charge in [-0.1, -0.05) is 103 Å². The maximum Gasteiger partial charge on any atom is 0.339 e. The minimum absolute atomic E-state index is 0.0916. The SMILES string of the molecule is Cc1ccc(S(=O)(=O)Oc2cc3c(cc2-c2ccc(N(c4ccccc4)c4ccc5oc6ccccc6c5c4)cc2)c2ccccc2n3-c2ccccc2)cc1. The van der Waals surface area contributed by atoms with Gasteiger partial charge in [0, 0.05) is 55.9 Å². The second-order valence-electron chi connectivity index (χ2n) is 13.9. The van der Waals surface area contributed by atoms with E-state index in [9.17, 15) is 8.42 Å². The molecule has 0 radical (unpaired) electrons. The van der Waals surface area contributed by atoms with Gasteiger partial charge in [0.25, 0.3) is 0 Å². The molecule has 0 unspecified atom stereocenters. The van der Waals surface area contributed by atoms with E-state index in [4.69, 9.17) is 8.60 Å². The van der Waals surface area contributed by atoms with Gasteiger partial charge in [-0.05, 0) is 97.4 Å². The molecule has 0 saturated carbocycles. The van der Waals surface area contributed by atoms with E-state index in [0.29, 0.717) is 5.56 Å². The first-order valence-corrected chi connectivity index (χ1v) is 19.8. The van der Waals surface area contributed by atoms with Crippen LogP contribution in [-0.2, 0) is 10.1 Å². The number of anilines is 3. The van der Waals surface area contributed by atoms with Crippen LogP contribution in [0, 0.1) is 6.92 Å². The quantitative estimate of drug-likeness (QED) is 0.145. The summed E-state index contributed by atoms with van der Waals surface area (Å²) in [6.45, 7) is 1.92. The number of para-hydroxylation sites is 4. The first kappa shape index (κ1) is 33.5. The summed E-state index contributed by atoms with van der Waals surface area (Å²) in [5, 5.41) is 4.13. The summed E-state index contributed by atoms with van der Waals surface area (Å²) in [7, 11) is -4.18. The molecule has 7 heteroatoms. The van der Waals surface area contributed by atoms with Gasteiger partial charge in [0.05, 0.1) is 11.0 Å². The van der Waals surface area contributed by atoms with Crippen molar-refractivity contribution in [1.82, 2.24) is 4.57 Å². The standard InChI is InChI=1S/C49H34N2O4S/c1-33-20-27-39(28-21-33)56(52,53)55-49-32-46-43(40-16-8-10-18-45(40)51(46)36-14-6-3-7-15-36)31-42(49)34-22-24-37(25-23-34)50(35-12-4-2-5-13-35)38-26-29-48-44(30-38)41-17-9-11-19-47(41)54-48/h2-32H,1H3. The van der Waals surface area contributed by atoms with Gasteiger partial charge < -0.3 is 18.1 Å². The molecule has 0 spiro atoms. The highest BCUT2D eigenvalue weighted by Gasteiger charge is 2.23. The minimum atomic E-state index is -4.18. The number of hydrogen-bond donors (Lipinski definition) is 0. The van der Waals surface area contributed by atoms with Crippen LogP contribution >= 0.6 is 0 Å². The van der Waals surface area contributed by atoms with Crippen LogP contribution in [0.2, 0.25) is 0 Å². The maximum atomic E-state index is 13.9. The molecule has 0 N–H and O–H groups in total. The molecule has 0 aliphatic heterocycles. The molecule has 0 atom stereocenters. The Balaban J connectivity index is 1.14. The molecular weight excluding hydrogens is 713 g/mol. The number of nitrogens with zero attached hydrogens (tertiary/aromatic N) is 2. The van der Waals surface area contributed by atoms with E-state index in [1.807, 2.05) is 110 Å². The fourth-order valence-corrected chi connectivity index (χ4v) is 8.62. The van der Waals surface area contributed by atoms with E-state index < -0.39 is 10.1 Å². The molecule has 0 bridgehead atoms. The second-order valence-corrected chi connectivity index (χ2v) is 15.4. The molecule has 0 saturated heterocycles. The lowest BCUT2D eigenvalue weighted by Gasteiger charge is -2.26. The van der Waals surface area contributed by atoms with Crippen LogP contribution in [0.25, 0.3) is 60.6 Å². The van der Waals surface area contributed by atoms with Crippen LogP contribution < -0.4 is 9.08 Å². The largest absolute Gasteiger partial charge is 0.456 e. The average Bonchev–Trinajstić information content (AvgIpc) is 3.77. The Morgan fingerprint density at radius 1 is 0.518 bits per heavy atom. The number of aryl methyl sites for hydroxylation is 1. The molecule has 10 aromatic rings. The number of benzene rings is 8. The molecule has 0 fully saturated rings. The van der Waals surface area contributed by atoms with Crippen LogP contribution in [0.15, 0.2) is 197 Å². The summed E-state index contributed by atoms with van der Waals surface area (Å²) in [6, 6.07) is 61.7. The first-order chi connectivity index (χ1) is 27.4. The Morgan fingerprint density at radius 2 is 1.14 bits per heavy atom. The Kier molecular flexibility index (Phi) is 7.97. The van der Waals surface area contributed by atoms with Gasteiger partial charge in [0.1, 0.15) is 16.1 Å². The summed E-state index contributed by atoms with van der Waals surface area (Å²) in [6.07, 6.45) is 0. The van der Waals surface area contributed by atoms with Crippen LogP contribution in [0.5, 0.6) is 5.75 Å². The van der Waals surface area contributed by atoms with Crippen molar-refractivity contribution in [2.45, 2.75) is 11.8 Å². The molecule has 56 heavy (non-hydrogen) atoms. The lowest BCUT2D eigenvalue weighted by atomic mass is 10.0. The third kappa shape index (κ3) is 5.77. The van der Waals surface area contributed by atoms with Gasteiger partial charge in [0.2, 0.25) is 0 Å². The van der Waals surface area contributed by atoms with Crippen molar-refractivity contribution in [2.24, 2.45) is 0 Å². The molecule has 10 rings (SSSR count). The van der Waals surface area contributed by atoms with Gasteiger partial charge >= 0.3 is 10.1 Å². The van der Waals surface area contributed by atoms with Gasteiger partial charge in [-0.25, -0.2) is 0 Å². The summed E-state index contributed by atoms with van der Waals surface area (Å²) in [5.74, 6) is 0.239. The van der Waals surface area contributed by atoms with Crippen molar-refractivity contribution in [1.29, 1.82) is 0 Å². The Bertz CT molecular complexity index is 3170. The van der Waals surface area contributed by atoms with E-state index in [1.54, 1.807) is 24.3 Å². The molecule has 0 aliphatic carbocycles. The van der Waals surface area contributed by atoms with Gasteiger partial charge in [-0.15, -0.1) is 0 Å². The molecule has 0 aliphatic rings. The summed E-state index contributed by atoms with van der Waals surface area (Å²) in [5.41, 5.74) is 9.83. The topological polar surface area (TPSA) is 64.7 Å². The van der Waals surface area contributed by atoms with Gasteiger partial charge in [0.15, 0.2) is 5.75 Å². The zero-order chi connectivity index (χ0) is 37.8. The van der Waals surface area contributed by atoms with Crippen molar-refractivity contribution in [3.05, 3.63) is 194 Å². The highest BCUT2D eigenvalue weighted by molar-refractivity contribution is 7.87. The highest BCUT2D eigenvalue weighted by Crippen LogP contribution is 2.43. The van der Waals surface area contributed by atoms with E-state index >= 15 is 0 Å². The Morgan fingerprint density at radius 3 is 1.91 bits per heavy atom. The lowest BCUT2D eigenvalue weighted by molar-refractivity contribution is 0.487. The smallest absolute Gasteiger partial charge is 0.339 e. The molecular formula is C49H34N2O4S. The number of furan rings is 1. The van der Waals surface area contributed by atoms with E-state index in [0.717, 1.165) is 77.6 Å². The number of fused-ring (bicyclic) bond motifs is 6.